The van der Waals surface area contributed by atoms with Gasteiger partial charge in [-0.1, -0.05) is 248 Å². The van der Waals surface area contributed by atoms with E-state index in [9.17, 15) is 25.2 Å². The van der Waals surface area contributed by atoms with E-state index >= 15 is 0 Å². The molecule has 6 nitrogen and oxygen atoms in total. The van der Waals surface area contributed by atoms with Crippen LogP contribution in [-0.2, 0) is 4.79 Å². The number of carbonyl (C=O) groups is 1. The van der Waals surface area contributed by atoms with E-state index in [-0.39, 0.29) is 0 Å². The summed E-state index contributed by atoms with van der Waals surface area (Å²) in [7, 11) is 0. The average Bonchev–Trinajstić information content (AvgIpc) is 3.31. The third-order valence-corrected chi connectivity index (χ3v) is 12.9. The van der Waals surface area contributed by atoms with Crippen molar-refractivity contribution in [1.29, 1.82) is 0 Å². The Morgan fingerprint density at radius 2 is 0.738 bits per heavy atom. The molecule has 0 spiro atoms. The first-order valence-electron chi connectivity index (χ1n) is 28.2. The highest BCUT2D eigenvalue weighted by Crippen LogP contribution is 2.17. The largest absolute Gasteiger partial charge is 0.394 e. The molecule has 5 N–H and O–H groups in total. The first kappa shape index (κ1) is 63.0. The number of rotatable bonds is 51. The monoisotopic (exact) mass is 912 g/mol. The summed E-state index contributed by atoms with van der Waals surface area (Å²) < 4.78 is 0. The van der Waals surface area contributed by atoms with Gasteiger partial charge >= 0.3 is 0 Å². The summed E-state index contributed by atoms with van der Waals surface area (Å²) >= 11 is 0. The summed E-state index contributed by atoms with van der Waals surface area (Å²) in [5, 5.41) is 43.8. The van der Waals surface area contributed by atoms with Gasteiger partial charge < -0.3 is 25.7 Å². The van der Waals surface area contributed by atoms with Gasteiger partial charge in [-0.3, -0.25) is 4.79 Å². The predicted octanol–water partition coefficient (Wildman–Crippen LogP) is 16.4. The number of hydrogen-bond acceptors (Lipinski definition) is 5. The molecular weight excluding hydrogens is 803 g/mol. The lowest BCUT2D eigenvalue weighted by molar-refractivity contribution is -0.132. The first-order valence-corrected chi connectivity index (χ1v) is 28.2. The summed E-state index contributed by atoms with van der Waals surface area (Å²) in [5.74, 6) is -0.600. The fraction of sp³-hybridized carbons (Fsp3) is 0.814. The van der Waals surface area contributed by atoms with Crippen LogP contribution in [0.4, 0.5) is 0 Å². The number of amides is 1. The molecule has 4 unspecified atom stereocenters. The fourth-order valence-corrected chi connectivity index (χ4v) is 8.54. The standard InChI is InChI=1S/C59H109NO5/c1-3-5-7-9-11-13-15-17-18-19-20-21-22-23-24-25-26-27-28-29-30-31-32-33-34-35-36-37-38-39-41-43-45-47-49-51-53-57(63)59(65)60-55(54-61)58(64)56(62)52-50-48-46-44-42-40-16-14-12-10-8-6-4-2/h6,8,14,16,24-25,27-28,44,46,55-58,61-64H,3-5,7,9-13,15,17-23,26,29-43,45,47-54H2,1-2H3,(H,60,65)/b8-6+,16-14+,25-24-,28-27-,46-44+. The molecule has 0 aliphatic rings. The van der Waals surface area contributed by atoms with Gasteiger partial charge in [0.1, 0.15) is 12.2 Å². The normalized spacial score (nSPS) is 14.2. The van der Waals surface area contributed by atoms with Crippen molar-refractivity contribution >= 4 is 5.91 Å². The summed E-state index contributed by atoms with van der Waals surface area (Å²) in [6.07, 6.45) is 68.9. The Kier molecular flexibility index (Phi) is 51.3. The van der Waals surface area contributed by atoms with Gasteiger partial charge in [0.15, 0.2) is 0 Å². The van der Waals surface area contributed by atoms with E-state index in [4.69, 9.17) is 0 Å². The highest BCUT2D eigenvalue weighted by Gasteiger charge is 2.28. The van der Waals surface area contributed by atoms with Gasteiger partial charge in [-0.2, -0.15) is 0 Å². The van der Waals surface area contributed by atoms with Crippen molar-refractivity contribution in [2.75, 3.05) is 6.61 Å². The van der Waals surface area contributed by atoms with E-state index in [1.54, 1.807) is 0 Å². The molecule has 0 aliphatic carbocycles. The van der Waals surface area contributed by atoms with Crippen molar-refractivity contribution in [1.82, 2.24) is 5.32 Å². The second kappa shape index (κ2) is 53.0. The van der Waals surface area contributed by atoms with E-state index in [1.165, 1.54) is 180 Å². The molecule has 65 heavy (non-hydrogen) atoms. The Labute approximate surface area is 403 Å². The highest BCUT2D eigenvalue weighted by molar-refractivity contribution is 5.80. The van der Waals surface area contributed by atoms with Crippen molar-refractivity contribution in [3.8, 4) is 0 Å². The van der Waals surface area contributed by atoms with Crippen LogP contribution in [-0.4, -0.2) is 57.3 Å². The van der Waals surface area contributed by atoms with Gasteiger partial charge in [0.05, 0.1) is 18.8 Å². The topological polar surface area (TPSA) is 110 Å². The van der Waals surface area contributed by atoms with Gasteiger partial charge in [0.2, 0.25) is 5.91 Å². The fourth-order valence-electron chi connectivity index (χ4n) is 8.54. The van der Waals surface area contributed by atoms with Crippen molar-refractivity contribution in [2.45, 2.75) is 301 Å². The lowest BCUT2D eigenvalue weighted by Gasteiger charge is -2.27. The lowest BCUT2D eigenvalue weighted by atomic mass is 10.00. The molecule has 1 amide bonds. The van der Waals surface area contributed by atoms with Gasteiger partial charge in [-0.25, -0.2) is 0 Å². The maximum atomic E-state index is 12.6. The van der Waals surface area contributed by atoms with E-state index < -0.39 is 36.9 Å². The summed E-state index contributed by atoms with van der Waals surface area (Å²) in [6.45, 7) is 3.94. The summed E-state index contributed by atoms with van der Waals surface area (Å²) in [5.41, 5.74) is 0. The molecule has 0 saturated carbocycles. The molecular formula is C59H109NO5. The number of allylic oxidation sites excluding steroid dienone is 10. The first-order chi connectivity index (χ1) is 32.0. The molecule has 0 rings (SSSR count). The zero-order valence-corrected chi connectivity index (χ0v) is 43.0. The minimum absolute atomic E-state index is 0.357. The van der Waals surface area contributed by atoms with Gasteiger partial charge in [0.25, 0.3) is 0 Å². The van der Waals surface area contributed by atoms with Crippen LogP contribution in [0.1, 0.15) is 277 Å². The second-order valence-electron chi connectivity index (χ2n) is 19.2. The second-order valence-corrected chi connectivity index (χ2v) is 19.2. The van der Waals surface area contributed by atoms with Crippen molar-refractivity contribution in [2.24, 2.45) is 0 Å². The zero-order valence-electron chi connectivity index (χ0n) is 43.0. The Hall–Kier alpha value is -1.99. The number of aliphatic hydroxyl groups is 4. The molecule has 0 bridgehead atoms. The quantitative estimate of drug-likeness (QED) is 0.0308. The Balaban J connectivity index is 3.58. The molecule has 0 aliphatic heterocycles. The third kappa shape index (κ3) is 46.9. The Morgan fingerprint density at radius 1 is 0.400 bits per heavy atom. The number of hydrogen-bond donors (Lipinski definition) is 5. The molecule has 6 heteroatoms. The smallest absolute Gasteiger partial charge is 0.249 e. The molecule has 380 valence electrons. The highest BCUT2D eigenvalue weighted by atomic mass is 16.3. The maximum Gasteiger partial charge on any atom is 0.249 e. The molecule has 0 aromatic carbocycles. The van der Waals surface area contributed by atoms with Crippen molar-refractivity contribution in [3.05, 3.63) is 60.8 Å². The number of nitrogens with one attached hydrogen (secondary N) is 1. The molecule has 0 heterocycles. The van der Waals surface area contributed by atoms with Crippen molar-refractivity contribution < 1.29 is 25.2 Å². The van der Waals surface area contributed by atoms with Crippen LogP contribution >= 0.6 is 0 Å². The van der Waals surface area contributed by atoms with Gasteiger partial charge in [-0.15, -0.1) is 0 Å². The molecule has 0 fully saturated rings. The Bertz CT molecular complexity index is 1110. The van der Waals surface area contributed by atoms with E-state index in [0.29, 0.717) is 19.3 Å². The van der Waals surface area contributed by atoms with Crippen LogP contribution in [0.3, 0.4) is 0 Å². The molecule has 0 aromatic heterocycles. The van der Waals surface area contributed by atoms with Crippen molar-refractivity contribution in [3.63, 3.8) is 0 Å². The van der Waals surface area contributed by atoms with Crippen LogP contribution in [0.5, 0.6) is 0 Å². The summed E-state index contributed by atoms with van der Waals surface area (Å²) in [4.78, 5) is 12.6. The SMILES string of the molecule is CC/C=C/CC/C=C/CC/C=C/CCCC(O)C(O)C(CO)NC(=O)C(O)CCCCCCCCCCCCCCCCCC/C=C\C/C=C\CCCCCCCCCCCCCCC. The van der Waals surface area contributed by atoms with Crippen LogP contribution in [0.25, 0.3) is 0 Å². The molecule has 0 radical (unpaired) electrons. The number of aliphatic hydroxyl groups excluding tert-OH is 4. The average molecular weight is 913 g/mol. The maximum absolute atomic E-state index is 12.6. The minimum atomic E-state index is -1.29. The number of carbonyl (C=O) groups excluding carboxylic acids is 1. The lowest BCUT2D eigenvalue weighted by Crippen LogP contribution is -2.53. The molecule has 0 saturated heterocycles. The van der Waals surface area contributed by atoms with Crippen LogP contribution in [0.15, 0.2) is 60.8 Å². The Morgan fingerprint density at radius 3 is 1.14 bits per heavy atom. The minimum Gasteiger partial charge on any atom is -0.394 e. The van der Waals surface area contributed by atoms with E-state index in [0.717, 1.165) is 64.2 Å². The van der Waals surface area contributed by atoms with Crippen LogP contribution in [0, 0.1) is 0 Å². The van der Waals surface area contributed by atoms with Gasteiger partial charge in [0, 0.05) is 0 Å². The third-order valence-electron chi connectivity index (χ3n) is 12.9. The van der Waals surface area contributed by atoms with E-state index in [2.05, 4.69) is 79.9 Å². The van der Waals surface area contributed by atoms with Crippen LogP contribution in [0.2, 0.25) is 0 Å². The predicted molar refractivity (Wildman–Crippen MR) is 283 cm³/mol. The van der Waals surface area contributed by atoms with E-state index in [1.807, 2.05) is 0 Å². The molecule has 4 atom stereocenters. The zero-order chi connectivity index (χ0) is 47.4. The van der Waals surface area contributed by atoms with Gasteiger partial charge in [-0.05, 0) is 89.9 Å². The van der Waals surface area contributed by atoms with Crippen LogP contribution < -0.4 is 5.32 Å². The number of unbranched alkanes of at least 4 members (excludes halogenated alkanes) is 32. The molecule has 0 aromatic rings. The summed E-state index contributed by atoms with van der Waals surface area (Å²) in [6, 6.07) is -1.01.